The van der Waals surface area contributed by atoms with Gasteiger partial charge in [-0.1, -0.05) is 75.4 Å². The van der Waals surface area contributed by atoms with Gasteiger partial charge in [-0.15, -0.1) is 0 Å². The zero-order valence-electron chi connectivity index (χ0n) is 15.4. The molecule has 3 fully saturated rings. The summed E-state index contributed by atoms with van der Waals surface area (Å²) < 4.78 is 0. The Balaban J connectivity index is 1.47. The predicted molar refractivity (Wildman–Crippen MR) is 101 cm³/mol. The molecule has 2 aromatic rings. The zero-order chi connectivity index (χ0) is 17.4. The highest BCUT2D eigenvalue weighted by Gasteiger charge is 2.80. The minimum Gasteiger partial charge on any atom is -0.298 e. The van der Waals surface area contributed by atoms with Crippen molar-refractivity contribution in [3.63, 3.8) is 0 Å². The summed E-state index contributed by atoms with van der Waals surface area (Å²) in [6.07, 6.45) is 3.39. The first-order chi connectivity index (χ1) is 11.9. The van der Waals surface area contributed by atoms with Gasteiger partial charge in [-0.25, -0.2) is 0 Å². The van der Waals surface area contributed by atoms with Gasteiger partial charge in [0.25, 0.3) is 0 Å². The normalized spacial score (nSPS) is 37.6. The molecule has 0 aliphatic heterocycles. The maximum Gasteiger partial charge on any atom is 0.146 e. The summed E-state index contributed by atoms with van der Waals surface area (Å²) in [6, 6.07) is 19.5. The molecule has 25 heavy (non-hydrogen) atoms. The van der Waals surface area contributed by atoms with E-state index in [-0.39, 0.29) is 16.2 Å². The van der Waals surface area contributed by atoms with Crippen molar-refractivity contribution < 1.29 is 4.79 Å². The van der Waals surface area contributed by atoms with Crippen LogP contribution in [-0.2, 0) is 4.79 Å². The zero-order valence-corrected chi connectivity index (χ0v) is 15.4. The summed E-state index contributed by atoms with van der Waals surface area (Å²) in [5, 5.41) is 0. The van der Waals surface area contributed by atoms with Gasteiger partial charge in [-0.3, -0.25) is 4.79 Å². The molecule has 4 atom stereocenters. The third kappa shape index (κ3) is 1.72. The molecule has 0 saturated heterocycles. The molecule has 1 nitrogen and oxygen atoms in total. The van der Waals surface area contributed by atoms with Crippen molar-refractivity contribution in [3.05, 3.63) is 60.2 Å². The highest BCUT2D eigenvalue weighted by atomic mass is 16.1. The number of benzene rings is 2. The lowest BCUT2D eigenvalue weighted by Crippen LogP contribution is -2.34. The van der Waals surface area contributed by atoms with Crippen molar-refractivity contribution in [2.75, 3.05) is 0 Å². The van der Waals surface area contributed by atoms with Gasteiger partial charge in [-0.2, -0.15) is 0 Å². The Morgan fingerprint density at radius 1 is 0.880 bits per heavy atom. The first kappa shape index (κ1) is 15.4. The molecule has 3 saturated carbocycles. The van der Waals surface area contributed by atoms with Gasteiger partial charge in [0.1, 0.15) is 5.78 Å². The van der Waals surface area contributed by atoms with Crippen LogP contribution in [0.4, 0.5) is 0 Å². The molecule has 0 aromatic heterocycles. The minimum atomic E-state index is -0.101. The van der Waals surface area contributed by atoms with Gasteiger partial charge in [0.05, 0.1) is 0 Å². The van der Waals surface area contributed by atoms with E-state index < -0.39 is 0 Å². The summed E-state index contributed by atoms with van der Waals surface area (Å²) in [7, 11) is 0. The lowest BCUT2D eigenvalue weighted by Gasteiger charge is -2.32. The van der Waals surface area contributed by atoms with Gasteiger partial charge in [-0.05, 0) is 53.2 Å². The number of hydrogen-bond donors (Lipinski definition) is 0. The van der Waals surface area contributed by atoms with Crippen LogP contribution in [0.2, 0.25) is 0 Å². The third-order valence-corrected chi connectivity index (χ3v) is 8.20. The lowest BCUT2D eigenvalue weighted by molar-refractivity contribution is -0.133. The molecule has 1 heteroatoms. The predicted octanol–water partition coefficient (Wildman–Crippen LogP) is 5.85. The fraction of sp³-hybridized carbons (Fsp3) is 0.458. The standard InChI is InChI=1S/C24H26O/c1-22(2)20-13-14-23(22,3)21(25)24(20)15-19(24)18-11-9-17(10-12-18)16-7-5-4-6-8-16/h4-12,19-20H,13-15H2,1-3H3. The van der Waals surface area contributed by atoms with Crippen LogP contribution in [0.15, 0.2) is 54.6 Å². The highest BCUT2D eigenvalue weighted by molar-refractivity contribution is 5.98. The average Bonchev–Trinajstić information content (AvgIpc) is 3.28. The van der Waals surface area contributed by atoms with Crippen molar-refractivity contribution in [2.24, 2.45) is 22.2 Å². The molecule has 0 N–H and O–H groups in total. The number of carbonyl (C=O) groups excluding carboxylic acids is 1. The van der Waals surface area contributed by atoms with E-state index in [2.05, 4.69) is 75.4 Å². The number of carbonyl (C=O) groups is 1. The Labute approximate surface area is 150 Å². The van der Waals surface area contributed by atoms with Gasteiger partial charge >= 0.3 is 0 Å². The monoisotopic (exact) mass is 330 g/mol. The van der Waals surface area contributed by atoms with E-state index in [9.17, 15) is 4.79 Å². The Bertz CT molecular complexity index is 847. The molecule has 2 bridgehead atoms. The average molecular weight is 330 g/mol. The first-order valence-electron chi connectivity index (χ1n) is 9.61. The van der Waals surface area contributed by atoms with Crippen molar-refractivity contribution >= 4 is 5.78 Å². The number of rotatable bonds is 2. The molecule has 2 aromatic carbocycles. The molecule has 1 spiro atoms. The second-order valence-corrected chi connectivity index (χ2v) is 9.26. The number of fused-ring (bicyclic) bond motifs is 3. The van der Waals surface area contributed by atoms with Crippen LogP contribution in [-0.4, -0.2) is 5.78 Å². The van der Waals surface area contributed by atoms with Gasteiger partial charge in [0.2, 0.25) is 0 Å². The van der Waals surface area contributed by atoms with E-state index in [1.54, 1.807) is 0 Å². The molecular weight excluding hydrogens is 304 g/mol. The molecule has 3 aliphatic rings. The summed E-state index contributed by atoms with van der Waals surface area (Å²) >= 11 is 0. The number of hydrogen-bond acceptors (Lipinski definition) is 1. The fourth-order valence-corrected chi connectivity index (χ4v) is 6.35. The van der Waals surface area contributed by atoms with E-state index in [1.807, 2.05) is 0 Å². The van der Waals surface area contributed by atoms with Crippen LogP contribution in [0.1, 0.15) is 51.5 Å². The smallest absolute Gasteiger partial charge is 0.146 e. The fourth-order valence-electron chi connectivity index (χ4n) is 6.35. The van der Waals surface area contributed by atoms with Gasteiger partial charge in [0.15, 0.2) is 0 Å². The molecule has 128 valence electrons. The lowest BCUT2D eigenvalue weighted by atomic mass is 9.70. The largest absolute Gasteiger partial charge is 0.298 e. The van der Waals surface area contributed by atoms with Crippen LogP contribution in [0, 0.1) is 22.2 Å². The highest BCUT2D eigenvalue weighted by Crippen LogP contribution is 2.81. The van der Waals surface area contributed by atoms with E-state index in [0.29, 0.717) is 17.6 Å². The van der Waals surface area contributed by atoms with Crippen LogP contribution in [0.5, 0.6) is 0 Å². The Hall–Kier alpha value is -1.89. The molecule has 3 aliphatic carbocycles. The SMILES string of the molecule is CC12CCC(C3(CC3c3ccc(-c4ccccc4)cc3)C1=O)C2(C)C. The minimum absolute atomic E-state index is 0.0508. The maximum atomic E-state index is 13.4. The van der Waals surface area contributed by atoms with Crippen LogP contribution in [0.3, 0.4) is 0 Å². The third-order valence-electron chi connectivity index (χ3n) is 8.20. The summed E-state index contributed by atoms with van der Waals surface area (Å²) in [6.45, 7) is 6.91. The second-order valence-electron chi connectivity index (χ2n) is 9.26. The van der Waals surface area contributed by atoms with Gasteiger partial charge in [0, 0.05) is 10.8 Å². The van der Waals surface area contributed by atoms with Crippen molar-refractivity contribution in [1.82, 2.24) is 0 Å². The Morgan fingerprint density at radius 3 is 2.12 bits per heavy atom. The number of ketones is 1. The second kappa shape index (κ2) is 4.63. The maximum absolute atomic E-state index is 13.4. The van der Waals surface area contributed by atoms with E-state index in [1.165, 1.54) is 23.1 Å². The molecular formula is C24H26O. The molecule has 4 unspecified atom stereocenters. The van der Waals surface area contributed by atoms with Crippen LogP contribution in [0.25, 0.3) is 11.1 Å². The number of Topliss-reactive ketones (excluding diaryl/α,β-unsaturated/α-hetero) is 1. The quantitative estimate of drug-likeness (QED) is 0.675. The summed E-state index contributed by atoms with van der Waals surface area (Å²) in [5.41, 5.74) is 3.87. The molecule has 0 amide bonds. The van der Waals surface area contributed by atoms with E-state index >= 15 is 0 Å². The summed E-state index contributed by atoms with van der Waals surface area (Å²) in [5.74, 6) is 1.57. The molecule has 0 heterocycles. The summed E-state index contributed by atoms with van der Waals surface area (Å²) in [4.78, 5) is 13.4. The Morgan fingerprint density at radius 2 is 1.52 bits per heavy atom. The van der Waals surface area contributed by atoms with E-state index in [0.717, 1.165) is 12.8 Å². The van der Waals surface area contributed by atoms with E-state index in [4.69, 9.17) is 0 Å². The van der Waals surface area contributed by atoms with Gasteiger partial charge < -0.3 is 0 Å². The molecule has 0 radical (unpaired) electrons. The van der Waals surface area contributed by atoms with Crippen LogP contribution >= 0.6 is 0 Å². The molecule has 5 rings (SSSR count). The van der Waals surface area contributed by atoms with Crippen LogP contribution < -0.4 is 0 Å². The topological polar surface area (TPSA) is 17.1 Å². The Kier molecular flexibility index (Phi) is 2.85. The van der Waals surface area contributed by atoms with Crippen molar-refractivity contribution in [2.45, 2.75) is 46.0 Å². The van der Waals surface area contributed by atoms with Crippen molar-refractivity contribution in [1.29, 1.82) is 0 Å². The first-order valence-corrected chi connectivity index (χ1v) is 9.61. The van der Waals surface area contributed by atoms with Crippen molar-refractivity contribution in [3.8, 4) is 11.1 Å².